The molecule has 0 saturated carbocycles. The lowest BCUT2D eigenvalue weighted by atomic mass is 10.0. The lowest BCUT2D eigenvalue weighted by Gasteiger charge is -2.18. The Morgan fingerprint density at radius 1 is 0.269 bits per heavy atom. The first kappa shape index (κ1) is 73.5. The van der Waals surface area contributed by atoms with E-state index in [1.54, 1.807) is 0 Å². The van der Waals surface area contributed by atoms with Gasteiger partial charge in [0.05, 0.1) is 0 Å². The predicted molar refractivity (Wildman–Crippen MR) is 339 cm³/mol. The van der Waals surface area contributed by atoms with Gasteiger partial charge in [0.15, 0.2) is 6.10 Å². The Labute approximate surface area is 481 Å². The minimum Gasteiger partial charge on any atom is -0.462 e. The molecule has 0 aliphatic heterocycles. The van der Waals surface area contributed by atoms with Gasteiger partial charge in [0, 0.05) is 19.3 Å². The molecule has 0 aromatic rings. The minimum absolute atomic E-state index is 0.0932. The van der Waals surface area contributed by atoms with Crippen molar-refractivity contribution in [3.63, 3.8) is 0 Å². The smallest absolute Gasteiger partial charge is 0.306 e. The van der Waals surface area contributed by atoms with Crippen LogP contribution in [0.25, 0.3) is 0 Å². The van der Waals surface area contributed by atoms with Crippen LogP contribution in [0.15, 0.2) is 134 Å². The lowest BCUT2D eigenvalue weighted by Crippen LogP contribution is -2.30. The maximum atomic E-state index is 12.9. The Morgan fingerprint density at radius 2 is 0.500 bits per heavy atom. The second kappa shape index (κ2) is 65.1. The van der Waals surface area contributed by atoms with Crippen LogP contribution in [0, 0.1) is 0 Å². The highest BCUT2D eigenvalue weighted by Crippen LogP contribution is 2.15. The molecule has 0 aromatic heterocycles. The van der Waals surface area contributed by atoms with Gasteiger partial charge in [-0.25, -0.2) is 0 Å². The molecule has 0 saturated heterocycles. The summed E-state index contributed by atoms with van der Waals surface area (Å²) < 4.78 is 16.9. The third-order valence-electron chi connectivity index (χ3n) is 13.4. The van der Waals surface area contributed by atoms with Crippen molar-refractivity contribution in [1.82, 2.24) is 0 Å². The fourth-order valence-corrected chi connectivity index (χ4v) is 8.61. The van der Waals surface area contributed by atoms with Crippen LogP contribution in [-0.4, -0.2) is 37.2 Å². The highest BCUT2D eigenvalue weighted by Gasteiger charge is 2.19. The molecule has 0 bridgehead atoms. The normalized spacial score (nSPS) is 13.0. The summed E-state index contributed by atoms with van der Waals surface area (Å²) in [7, 11) is 0. The number of rotatable bonds is 57. The zero-order valence-electron chi connectivity index (χ0n) is 50.6. The van der Waals surface area contributed by atoms with Gasteiger partial charge < -0.3 is 14.2 Å². The van der Waals surface area contributed by atoms with E-state index in [1.807, 2.05) is 0 Å². The van der Waals surface area contributed by atoms with Crippen molar-refractivity contribution in [1.29, 1.82) is 0 Å². The van der Waals surface area contributed by atoms with Gasteiger partial charge in [-0.1, -0.05) is 264 Å². The lowest BCUT2D eigenvalue weighted by molar-refractivity contribution is -0.167. The highest BCUT2D eigenvalue weighted by molar-refractivity contribution is 5.71. The molecule has 0 amide bonds. The fraction of sp³-hybridized carbons (Fsp3) is 0.653. The molecule has 0 fully saturated rings. The second-order valence-corrected chi connectivity index (χ2v) is 20.9. The summed E-state index contributed by atoms with van der Waals surface area (Å²) in [5.41, 5.74) is 0. The average Bonchev–Trinajstić information content (AvgIpc) is 3.44. The molecule has 0 rings (SSSR count). The molecule has 78 heavy (non-hydrogen) atoms. The Hall–Kier alpha value is -4.45. The zero-order valence-corrected chi connectivity index (χ0v) is 50.6. The third kappa shape index (κ3) is 62.4. The Kier molecular flexibility index (Phi) is 61.4. The number of carbonyl (C=O) groups is 3. The number of hydrogen-bond donors (Lipinski definition) is 0. The second-order valence-electron chi connectivity index (χ2n) is 20.9. The summed E-state index contributed by atoms with van der Waals surface area (Å²) in [5.74, 6) is -0.922. The summed E-state index contributed by atoms with van der Waals surface area (Å²) in [6, 6.07) is 0. The van der Waals surface area contributed by atoms with Gasteiger partial charge in [-0.05, 0) is 135 Å². The van der Waals surface area contributed by atoms with Gasteiger partial charge in [0.25, 0.3) is 0 Å². The standard InChI is InChI=1S/C72H118O6/c1-4-7-10-13-16-19-22-25-27-29-31-33-34-35-36-37-38-40-41-43-45-47-50-53-56-59-62-65-71(74)77-68-69(67-76-70(73)64-61-58-55-52-49-24-21-18-15-12-9-6-3)78-72(75)66-63-60-57-54-51-48-46-44-42-39-32-30-28-26-23-20-17-14-11-8-5-2/h7-8,10-11,16-21,25-28,31-33,35-36,39,44,46,69H,4-6,9,12-15,22-24,29-30,34,37-38,40-43,45,47-68H2,1-3H3/b10-7-,11-8-,19-16-,20-17-,21-18-,27-25-,28-26-,33-31-,36-35-,39-32-,46-44-. The first-order valence-corrected chi connectivity index (χ1v) is 32.2. The summed E-state index contributed by atoms with van der Waals surface area (Å²) in [6.07, 6.45) is 91.7. The van der Waals surface area contributed by atoms with Crippen LogP contribution in [0.4, 0.5) is 0 Å². The predicted octanol–water partition coefficient (Wildman–Crippen LogP) is 22.2. The van der Waals surface area contributed by atoms with E-state index >= 15 is 0 Å². The molecule has 1 atom stereocenters. The molecule has 6 heteroatoms. The van der Waals surface area contributed by atoms with E-state index in [1.165, 1.54) is 89.9 Å². The monoisotopic (exact) mass is 1080 g/mol. The van der Waals surface area contributed by atoms with Crippen molar-refractivity contribution in [3.05, 3.63) is 134 Å². The summed E-state index contributed by atoms with van der Waals surface area (Å²) in [4.78, 5) is 38.3. The van der Waals surface area contributed by atoms with Crippen LogP contribution >= 0.6 is 0 Å². The highest BCUT2D eigenvalue weighted by atomic mass is 16.6. The molecule has 1 unspecified atom stereocenters. The summed E-state index contributed by atoms with van der Waals surface area (Å²) in [6.45, 7) is 6.37. The number of unbranched alkanes of at least 4 members (excludes halogenated alkanes) is 24. The largest absolute Gasteiger partial charge is 0.462 e. The van der Waals surface area contributed by atoms with Crippen molar-refractivity contribution in [2.24, 2.45) is 0 Å². The van der Waals surface area contributed by atoms with Gasteiger partial charge in [-0.15, -0.1) is 0 Å². The van der Waals surface area contributed by atoms with E-state index < -0.39 is 6.10 Å². The zero-order chi connectivity index (χ0) is 56.4. The molecule has 0 aliphatic carbocycles. The van der Waals surface area contributed by atoms with Gasteiger partial charge >= 0.3 is 17.9 Å². The van der Waals surface area contributed by atoms with E-state index in [9.17, 15) is 14.4 Å². The van der Waals surface area contributed by atoms with Crippen molar-refractivity contribution in [2.75, 3.05) is 13.2 Å². The van der Waals surface area contributed by atoms with Gasteiger partial charge in [-0.2, -0.15) is 0 Å². The van der Waals surface area contributed by atoms with Crippen LogP contribution < -0.4 is 0 Å². The van der Waals surface area contributed by atoms with Crippen molar-refractivity contribution >= 4 is 17.9 Å². The van der Waals surface area contributed by atoms with Gasteiger partial charge in [0.1, 0.15) is 13.2 Å². The number of esters is 3. The van der Waals surface area contributed by atoms with E-state index in [0.717, 1.165) is 154 Å². The number of hydrogen-bond acceptors (Lipinski definition) is 6. The fourth-order valence-electron chi connectivity index (χ4n) is 8.61. The number of ether oxygens (including phenoxy) is 3. The van der Waals surface area contributed by atoms with E-state index in [-0.39, 0.29) is 31.1 Å². The molecule has 0 spiro atoms. The van der Waals surface area contributed by atoms with Gasteiger partial charge in [-0.3, -0.25) is 14.4 Å². The van der Waals surface area contributed by atoms with Crippen LogP contribution in [-0.2, 0) is 28.6 Å². The van der Waals surface area contributed by atoms with Crippen LogP contribution in [0.3, 0.4) is 0 Å². The third-order valence-corrected chi connectivity index (χ3v) is 13.4. The molecular formula is C72H118O6. The first-order valence-electron chi connectivity index (χ1n) is 32.2. The molecule has 0 heterocycles. The van der Waals surface area contributed by atoms with E-state index in [2.05, 4.69) is 154 Å². The molecule has 0 N–H and O–H groups in total. The van der Waals surface area contributed by atoms with Crippen molar-refractivity contribution in [3.8, 4) is 0 Å². The minimum atomic E-state index is -0.798. The molecular weight excluding hydrogens is 961 g/mol. The van der Waals surface area contributed by atoms with E-state index in [0.29, 0.717) is 19.3 Å². The van der Waals surface area contributed by atoms with Crippen LogP contribution in [0.1, 0.15) is 284 Å². The quantitative estimate of drug-likeness (QED) is 0.0261. The molecule has 0 aromatic carbocycles. The summed E-state index contributed by atoms with van der Waals surface area (Å²) >= 11 is 0. The SMILES string of the molecule is CC/C=C\C/C=C\C/C=C\C/C=C\C/C=C\CCCCCCCCCCCCCC(=O)OCC(COC(=O)CCCCCCC/C=C\CCCCC)OC(=O)CCCCCCC/C=C\C/C=C\C/C=C\C/C=C\C/C=C\CC. The molecule has 6 nitrogen and oxygen atoms in total. The van der Waals surface area contributed by atoms with Crippen LogP contribution in [0.2, 0.25) is 0 Å². The summed E-state index contributed by atoms with van der Waals surface area (Å²) in [5, 5.41) is 0. The molecule has 0 radical (unpaired) electrons. The van der Waals surface area contributed by atoms with Gasteiger partial charge in [0.2, 0.25) is 0 Å². The van der Waals surface area contributed by atoms with E-state index in [4.69, 9.17) is 14.2 Å². The maximum absolute atomic E-state index is 12.9. The van der Waals surface area contributed by atoms with Crippen LogP contribution in [0.5, 0.6) is 0 Å². The molecule has 0 aliphatic rings. The average molecular weight is 1080 g/mol. The van der Waals surface area contributed by atoms with Crippen molar-refractivity contribution < 1.29 is 28.6 Å². The number of allylic oxidation sites excluding steroid dienone is 22. The van der Waals surface area contributed by atoms with Crippen molar-refractivity contribution in [2.45, 2.75) is 290 Å². The number of carbonyl (C=O) groups excluding carboxylic acids is 3. The first-order chi connectivity index (χ1) is 38.5. The Balaban J connectivity index is 4.35. The maximum Gasteiger partial charge on any atom is 0.306 e. The Morgan fingerprint density at radius 3 is 0.795 bits per heavy atom. The Bertz CT molecular complexity index is 1670. The topological polar surface area (TPSA) is 78.9 Å². The molecule has 442 valence electrons.